The summed E-state index contributed by atoms with van der Waals surface area (Å²) in [4.78, 5) is 51.5. The SMILES string of the molecule is CC(C)C[C@H](NC(=O)[C@H](CCc1ccccc1)CC(=O)CC1CC1)C(=O)C[C@@H](Cc1ccccc1)C(=O)O. The molecular formula is C32H41NO5. The summed E-state index contributed by atoms with van der Waals surface area (Å²) >= 11 is 0. The fourth-order valence-corrected chi connectivity index (χ4v) is 4.88. The number of hydrogen-bond donors (Lipinski definition) is 2. The van der Waals surface area contributed by atoms with E-state index in [1.807, 2.05) is 74.5 Å². The molecule has 0 aliphatic heterocycles. The molecule has 6 heteroatoms. The summed E-state index contributed by atoms with van der Waals surface area (Å²) in [7, 11) is 0. The van der Waals surface area contributed by atoms with Gasteiger partial charge in [0.1, 0.15) is 5.78 Å². The van der Waals surface area contributed by atoms with Gasteiger partial charge in [-0.15, -0.1) is 0 Å². The van der Waals surface area contributed by atoms with Crippen molar-refractivity contribution in [2.24, 2.45) is 23.7 Å². The molecule has 2 N–H and O–H groups in total. The van der Waals surface area contributed by atoms with Crippen molar-refractivity contribution in [3.63, 3.8) is 0 Å². The first-order valence-electron chi connectivity index (χ1n) is 13.9. The number of carbonyl (C=O) groups is 4. The van der Waals surface area contributed by atoms with Gasteiger partial charge in [-0.2, -0.15) is 0 Å². The van der Waals surface area contributed by atoms with E-state index >= 15 is 0 Å². The summed E-state index contributed by atoms with van der Waals surface area (Å²) in [5.41, 5.74) is 1.95. The van der Waals surface area contributed by atoms with Crippen molar-refractivity contribution >= 4 is 23.4 Å². The Morgan fingerprint density at radius 2 is 1.47 bits per heavy atom. The first kappa shape index (κ1) is 29.3. The van der Waals surface area contributed by atoms with Gasteiger partial charge in [0.05, 0.1) is 12.0 Å². The summed E-state index contributed by atoms with van der Waals surface area (Å²) in [5.74, 6) is -2.31. The Labute approximate surface area is 226 Å². The van der Waals surface area contributed by atoms with Gasteiger partial charge >= 0.3 is 5.97 Å². The molecule has 0 bridgehead atoms. The second-order valence-electron chi connectivity index (χ2n) is 11.2. The zero-order chi connectivity index (χ0) is 27.5. The summed E-state index contributed by atoms with van der Waals surface area (Å²) in [5, 5.41) is 12.7. The lowest BCUT2D eigenvalue weighted by Gasteiger charge is -2.24. The molecule has 1 fully saturated rings. The van der Waals surface area contributed by atoms with E-state index in [-0.39, 0.29) is 42.7 Å². The van der Waals surface area contributed by atoms with Crippen LogP contribution in [0.4, 0.5) is 0 Å². The van der Waals surface area contributed by atoms with Gasteiger partial charge in [-0.05, 0) is 61.5 Å². The molecule has 0 spiro atoms. The normalized spacial score (nSPS) is 15.4. The van der Waals surface area contributed by atoms with Gasteiger partial charge in [0.2, 0.25) is 5.91 Å². The number of rotatable bonds is 17. The van der Waals surface area contributed by atoms with Crippen molar-refractivity contribution in [1.29, 1.82) is 0 Å². The van der Waals surface area contributed by atoms with E-state index in [9.17, 15) is 24.3 Å². The fraction of sp³-hybridized carbons (Fsp3) is 0.500. The topological polar surface area (TPSA) is 101 Å². The number of Topliss-reactive ketones (excluding diaryl/α,β-unsaturated/α-hetero) is 2. The predicted octanol–water partition coefficient (Wildman–Crippen LogP) is 5.43. The van der Waals surface area contributed by atoms with E-state index in [2.05, 4.69) is 5.32 Å². The van der Waals surface area contributed by atoms with E-state index < -0.39 is 23.8 Å². The van der Waals surface area contributed by atoms with Crippen LogP contribution in [0.15, 0.2) is 60.7 Å². The monoisotopic (exact) mass is 519 g/mol. The Hall–Kier alpha value is -3.28. The Kier molecular flexibility index (Phi) is 11.3. The number of carbonyl (C=O) groups excluding carboxylic acids is 3. The van der Waals surface area contributed by atoms with Crippen molar-refractivity contribution < 1.29 is 24.3 Å². The minimum atomic E-state index is -1.02. The Morgan fingerprint density at radius 1 is 0.868 bits per heavy atom. The van der Waals surface area contributed by atoms with Crippen LogP contribution in [0, 0.1) is 23.7 Å². The van der Waals surface area contributed by atoms with Gasteiger partial charge in [-0.1, -0.05) is 74.5 Å². The summed E-state index contributed by atoms with van der Waals surface area (Å²) < 4.78 is 0. The third-order valence-electron chi connectivity index (χ3n) is 7.22. The highest BCUT2D eigenvalue weighted by Crippen LogP contribution is 2.33. The highest BCUT2D eigenvalue weighted by molar-refractivity contribution is 5.93. The lowest BCUT2D eigenvalue weighted by molar-refractivity contribution is -0.144. The molecule has 0 unspecified atom stereocenters. The number of nitrogens with one attached hydrogen (secondary N) is 1. The maximum Gasteiger partial charge on any atom is 0.307 e. The second-order valence-corrected chi connectivity index (χ2v) is 11.2. The summed E-state index contributed by atoms with van der Waals surface area (Å²) in [6.07, 6.45) is 4.53. The van der Waals surface area contributed by atoms with Gasteiger partial charge in [0, 0.05) is 25.2 Å². The number of amides is 1. The molecule has 2 aromatic rings. The van der Waals surface area contributed by atoms with E-state index in [4.69, 9.17) is 0 Å². The summed E-state index contributed by atoms with van der Waals surface area (Å²) in [6, 6.07) is 18.3. The molecule has 0 saturated heterocycles. The Bertz CT molecular complexity index is 1060. The highest BCUT2D eigenvalue weighted by atomic mass is 16.4. The van der Waals surface area contributed by atoms with Crippen LogP contribution in [0.25, 0.3) is 0 Å². The van der Waals surface area contributed by atoms with Crippen molar-refractivity contribution in [2.45, 2.75) is 77.7 Å². The first-order valence-corrected chi connectivity index (χ1v) is 13.9. The van der Waals surface area contributed by atoms with Gasteiger partial charge in [-0.25, -0.2) is 0 Å². The van der Waals surface area contributed by atoms with E-state index in [1.165, 1.54) is 0 Å². The number of carboxylic acid groups (broad SMARTS) is 1. The molecule has 1 amide bonds. The number of aryl methyl sites for hydroxylation is 1. The Balaban J connectivity index is 1.69. The smallest absolute Gasteiger partial charge is 0.307 e. The first-order chi connectivity index (χ1) is 18.2. The number of hydrogen-bond acceptors (Lipinski definition) is 4. The minimum Gasteiger partial charge on any atom is -0.481 e. The van der Waals surface area contributed by atoms with E-state index in [0.29, 0.717) is 31.6 Å². The van der Waals surface area contributed by atoms with Crippen LogP contribution in [-0.4, -0.2) is 34.6 Å². The number of aliphatic carboxylic acids is 1. The number of ketones is 2. The summed E-state index contributed by atoms with van der Waals surface area (Å²) in [6.45, 7) is 3.94. The lowest BCUT2D eigenvalue weighted by atomic mass is 9.88. The van der Waals surface area contributed by atoms with Gasteiger partial charge in [0.15, 0.2) is 5.78 Å². The van der Waals surface area contributed by atoms with Crippen LogP contribution < -0.4 is 5.32 Å². The zero-order valence-electron chi connectivity index (χ0n) is 22.6. The van der Waals surface area contributed by atoms with Gasteiger partial charge < -0.3 is 10.4 Å². The molecule has 6 nitrogen and oxygen atoms in total. The number of benzene rings is 2. The molecule has 1 saturated carbocycles. The zero-order valence-corrected chi connectivity index (χ0v) is 22.6. The lowest BCUT2D eigenvalue weighted by Crippen LogP contribution is -2.45. The quantitative estimate of drug-likeness (QED) is 0.290. The molecule has 0 radical (unpaired) electrons. The maximum atomic E-state index is 13.5. The molecule has 0 aromatic heterocycles. The molecule has 3 rings (SSSR count). The predicted molar refractivity (Wildman–Crippen MR) is 147 cm³/mol. The third kappa shape index (κ3) is 10.2. The molecule has 38 heavy (non-hydrogen) atoms. The average Bonchev–Trinajstić information content (AvgIpc) is 3.70. The van der Waals surface area contributed by atoms with Crippen molar-refractivity contribution in [3.8, 4) is 0 Å². The van der Waals surface area contributed by atoms with Crippen LogP contribution in [0.3, 0.4) is 0 Å². The molecule has 0 heterocycles. The number of carboxylic acids is 1. The van der Waals surface area contributed by atoms with Crippen LogP contribution in [0.2, 0.25) is 0 Å². The van der Waals surface area contributed by atoms with E-state index in [1.54, 1.807) is 0 Å². The molecule has 2 aromatic carbocycles. The third-order valence-corrected chi connectivity index (χ3v) is 7.22. The molecular weight excluding hydrogens is 478 g/mol. The Morgan fingerprint density at radius 3 is 2.03 bits per heavy atom. The second kappa shape index (κ2) is 14.6. The van der Waals surface area contributed by atoms with Crippen LogP contribution in [-0.2, 0) is 32.0 Å². The van der Waals surface area contributed by atoms with E-state index in [0.717, 1.165) is 24.0 Å². The molecule has 1 aliphatic rings. The standard InChI is InChI=1S/C32H41NO5/c1-22(2)17-29(30(35)21-27(32(37)38)18-24-11-7-4-8-12-24)33-31(36)26(20-28(34)19-25-13-14-25)16-15-23-9-5-3-6-10-23/h3-12,22,25-27,29H,13-21H2,1-2H3,(H,33,36)(H,37,38)/t26-,27-,29+/m1/s1. The minimum absolute atomic E-state index is 0.0984. The average molecular weight is 520 g/mol. The van der Waals surface area contributed by atoms with Crippen LogP contribution >= 0.6 is 0 Å². The van der Waals surface area contributed by atoms with Gasteiger partial charge in [0.25, 0.3) is 0 Å². The fourth-order valence-electron chi connectivity index (χ4n) is 4.88. The van der Waals surface area contributed by atoms with Crippen molar-refractivity contribution in [1.82, 2.24) is 5.32 Å². The van der Waals surface area contributed by atoms with Crippen LogP contribution in [0.5, 0.6) is 0 Å². The van der Waals surface area contributed by atoms with Gasteiger partial charge in [-0.3, -0.25) is 19.2 Å². The van der Waals surface area contributed by atoms with Crippen molar-refractivity contribution in [3.05, 3.63) is 71.8 Å². The highest BCUT2D eigenvalue weighted by Gasteiger charge is 2.32. The molecule has 3 atom stereocenters. The molecule has 1 aliphatic carbocycles. The molecule has 204 valence electrons. The maximum absolute atomic E-state index is 13.5. The largest absolute Gasteiger partial charge is 0.481 e. The van der Waals surface area contributed by atoms with Crippen LogP contribution in [0.1, 0.15) is 69.9 Å². The van der Waals surface area contributed by atoms with Crippen molar-refractivity contribution in [2.75, 3.05) is 0 Å².